The lowest BCUT2D eigenvalue weighted by Gasteiger charge is -2.05. The Morgan fingerprint density at radius 1 is 1.26 bits per heavy atom. The molecule has 2 heterocycles. The minimum Gasteiger partial charge on any atom is -0.321 e. The standard InChI is InChI=1S/C13H12Cl2N4/c1-18-6-5-9(17-18)8-19-11-4-2-3-10(15)13(11)16-12(19)7-14/h2-6H,7-8H2,1H3. The van der Waals surface area contributed by atoms with Gasteiger partial charge in [-0.15, -0.1) is 11.6 Å². The summed E-state index contributed by atoms with van der Waals surface area (Å²) in [6.07, 6.45) is 1.92. The highest BCUT2D eigenvalue weighted by molar-refractivity contribution is 6.35. The molecule has 0 saturated carbocycles. The maximum Gasteiger partial charge on any atom is 0.125 e. The van der Waals surface area contributed by atoms with Crippen molar-refractivity contribution in [3.63, 3.8) is 0 Å². The van der Waals surface area contributed by atoms with Crippen molar-refractivity contribution >= 4 is 34.2 Å². The van der Waals surface area contributed by atoms with Gasteiger partial charge in [-0.3, -0.25) is 4.68 Å². The van der Waals surface area contributed by atoms with E-state index in [1.165, 1.54) is 0 Å². The van der Waals surface area contributed by atoms with Crippen LogP contribution in [0.25, 0.3) is 11.0 Å². The highest BCUT2D eigenvalue weighted by Gasteiger charge is 2.13. The monoisotopic (exact) mass is 294 g/mol. The zero-order chi connectivity index (χ0) is 13.4. The van der Waals surface area contributed by atoms with Gasteiger partial charge in [-0.25, -0.2) is 4.98 Å². The zero-order valence-corrected chi connectivity index (χ0v) is 11.9. The summed E-state index contributed by atoms with van der Waals surface area (Å²) < 4.78 is 3.83. The molecule has 3 aromatic rings. The van der Waals surface area contributed by atoms with Gasteiger partial charge in [-0.2, -0.15) is 5.10 Å². The molecule has 0 aliphatic heterocycles. The molecule has 0 saturated heterocycles. The molecule has 0 amide bonds. The SMILES string of the molecule is Cn1ccc(Cn2c(CCl)nc3c(Cl)cccc32)n1. The van der Waals surface area contributed by atoms with Crippen LogP contribution in [0.1, 0.15) is 11.5 Å². The topological polar surface area (TPSA) is 35.6 Å². The van der Waals surface area contributed by atoms with Crippen molar-refractivity contribution < 1.29 is 0 Å². The van der Waals surface area contributed by atoms with Gasteiger partial charge >= 0.3 is 0 Å². The van der Waals surface area contributed by atoms with E-state index < -0.39 is 0 Å². The molecule has 0 aliphatic rings. The van der Waals surface area contributed by atoms with Crippen LogP contribution in [-0.4, -0.2) is 19.3 Å². The number of hydrogen-bond donors (Lipinski definition) is 0. The number of halogens is 2. The normalized spacial score (nSPS) is 11.3. The van der Waals surface area contributed by atoms with Crippen LogP contribution in [-0.2, 0) is 19.5 Å². The summed E-state index contributed by atoms with van der Waals surface area (Å²) in [7, 11) is 1.90. The number of nitrogens with zero attached hydrogens (tertiary/aromatic N) is 4. The molecule has 0 radical (unpaired) electrons. The van der Waals surface area contributed by atoms with E-state index in [1.807, 2.05) is 37.5 Å². The average molecular weight is 295 g/mol. The van der Waals surface area contributed by atoms with Crippen LogP contribution in [0.5, 0.6) is 0 Å². The molecule has 0 atom stereocenters. The fourth-order valence-corrected chi connectivity index (χ4v) is 2.56. The van der Waals surface area contributed by atoms with Gasteiger partial charge in [0.2, 0.25) is 0 Å². The smallest absolute Gasteiger partial charge is 0.125 e. The summed E-state index contributed by atoms with van der Waals surface area (Å²) in [6, 6.07) is 7.72. The van der Waals surface area contributed by atoms with E-state index in [1.54, 1.807) is 4.68 Å². The number of benzene rings is 1. The van der Waals surface area contributed by atoms with Crippen molar-refractivity contribution in [3.8, 4) is 0 Å². The molecule has 0 bridgehead atoms. The second-order valence-electron chi connectivity index (χ2n) is 4.34. The molecular formula is C13H12Cl2N4. The first kappa shape index (κ1) is 12.5. The number of imidazole rings is 1. The minimum absolute atomic E-state index is 0.345. The lowest BCUT2D eigenvalue weighted by atomic mass is 10.3. The number of aryl methyl sites for hydroxylation is 1. The third kappa shape index (κ3) is 2.22. The lowest BCUT2D eigenvalue weighted by molar-refractivity contribution is 0.701. The Morgan fingerprint density at radius 2 is 2.11 bits per heavy atom. The third-order valence-electron chi connectivity index (χ3n) is 3.02. The van der Waals surface area contributed by atoms with Gasteiger partial charge in [0.1, 0.15) is 11.3 Å². The van der Waals surface area contributed by atoms with Crippen LogP contribution in [0.3, 0.4) is 0 Å². The van der Waals surface area contributed by atoms with Crippen molar-refractivity contribution in [2.45, 2.75) is 12.4 Å². The average Bonchev–Trinajstić information content (AvgIpc) is 2.96. The van der Waals surface area contributed by atoms with Gasteiger partial charge in [0.05, 0.1) is 28.7 Å². The Hall–Kier alpha value is -1.52. The zero-order valence-electron chi connectivity index (χ0n) is 10.3. The molecule has 0 fully saturated rings. The van der Waals surface area contributed by atoms with E-state index in [0.717, 1.165) is 22.6 Å². The van der Waals surface area contributed by atoms with Crippen molar-refractivity contribution in [1.29, 1.82) is 0 Å². The number of alkyl halides is 1. The molecule has 6 heteroatoms. The maximum absolute atomic E-state index is 6.17. The summed E-state index contributed by atoms with van der Waals surface area (Å²) in [6.45, 7) is 0.639. The Balaban J connectivity index is 2.13. The molecule has 0 spiro atoms. The Bertz CT molecular complexity index is 729. The second-order valence-corrected chi connectivity index (χ2v) is 5.01. The minimum atomic E-state index is 0.345. The molecule has 98 valence electrons. The lowest BCUT2D eigenvalue weighted by Crippen LogP contribution is -2.05. The molecule has 3 rings (SSSR count). The predicted molar refractivity (Wildman–Crippen MR) is 76.6 cm³/mol. The van der Waals surface area contributed by atoms with Gasteiger partial charge in [0.15, 0.2) is 0 Å². The number of hydrogen-bond acceptors (Lipinski definition) is 2. The number of fused-ring (bicyclic) bond motifs is 1. The molecule has 4 nitrogen and oxygen atoms in total. The summed E-state index contributed by atoms with van der Waals surface area (Å²) in [5.41, 5.74) is 2.73. The van der Waals surface area contributed by atoms with E-state index in [-0.39, 0.29) is 0 Å². The summed E-state index contributed by atoms with van der Waals surface area (Å²) in [5.74, 6) is 1.15. The highest BCUT2D eigenvalue weighted by Crippen LogP contribution is 2.25. The number of rotatable bonds is 3. The first-order valence-electron chi connectivity index (χ1n) is 5.87. The van der Waals surface area contributed by atoms with Crippen LogP contribution in [0, 0.1) is 0 Å². The second kappa shape index (κ2) is 4.87. The first-order valence-corrected chi connectivity index (χ1v) is 6.78. The number of para-hydroxylation sites is 1. The van der Waals surface area contributed by atoms with Gasteiger partial charge < -0.3 is 4.57 Å². The highest BCUT2D eigenvalue weighted by atomic mass is 35.5. The molecule has 0 N–H and O–H groups in total. The van der Waals surface area contributed by atoms with Crippen LogP contribution in [0.15, 0.2) is 30.5 Å². The van der Waals surface area contributed by atoms with Crippen LogP contribution >= 0.6 is 23.2 Å². The summed E-state index contributed by atoms with van der Waals surface area (Å²) >= 11 is 12.1. The quantitative estimate of drug-likeness (QED) is 0.696. The molecule has 2 aromatic heterocycles. The van der Waals surface area contributed by atoms with Crippen LogP contribution in [0.2, 0.25) is 5.02 Å². The van der Waals surface area contributed by atoms with E-state index in [4.69, 9.17) is 23.2 Å². The number of aromatic nitrogens is 4. The Kier molecular flexibility index (Phi) is 3.21. The largest absolute Gasteiger partial charge is 0.321 e. The van der Waals surface area contributed by atoms with Gasteiger partial charge in [0.25, 0.3) is 0 Å². The van der Waals surface area contributed by atoms with Gasteiger partial charge in [0, 0.05) is 13.2 Å². The molecular weight excluding hydrogens is 283 g/mol. The maximum atomic E-state index is 6.17. The van der Waals surface area contributed by atoms with Crippen LogP contribution < -0.4 is 0 Å². The molecule has 0 unspecified atom stereocenters. The Morgan fingerprint density at radius 3 is 2.79 bits per heavy atom. The fraction of sp³-hybridized carbons (Fsp3) is 0.231. The van der Waals surface area contributed by atoms with Crippen LogP contribution in [0.4, 0.5) is 0 Å². The molecule has 19 heavy (non-hydrogen) atoms. The van der Waals surface area contributed by atoms with Crippen molar-refractivity contribution in [2.75, 3.05) is 0 Å². The first-order chi connectivity index (χ1) is 9.19. The van der Waals surface area contributed by atoms with Crippen molar-refractivity contribution in [1.82, 2.24) is 19.3 Å². The van der Waals surface area contributed by atoms with E-state index >= 15 is 0 Å². The third-order valence-corrected chi connectivity index (χ3v) is 3.56. The Labute approximate surface area is 120 Å². The van der Waals surface area contributed by atoms with E-state index in [9.17, 15) is 0 Å². The van der Waals surface area contributed by atoms with Gasteiger partial charge in [-0.05, 0) is 18.2 Å². The van der Waals surface area contributed by atoms with E-state index in [2.05, 4.69) is 14.6 Å². The van der Waals surface area contributed by atoms with Gasteiger partial charge in [-0.1, -0.05) is 17.7 Å². The summed E-state index contributed by atoms with van der Waals surface area (Å²) in [4.78, 5) is 4.50. The van der Waals surface area contributed by atoms with Crippen molar-refractivity contribution in [2.24, 2.45) is 7.05 Å². The van der Waals surface area contributed by atoms with Crippen molar-refractivity contribution in [3.05, 3.63) is 47.0 Å². The van der Waals surface area contributed by atoms with E-state index in [0.29, 0.717) is 17.4 Å². The molecule has 1 aromatic carbocycles. The fourth-order valence-electron chi connectivity index (χ4n) is 2.15. The molecule has 0 aliphatic carbocycles. The summed E-state index contributed by atoms with van der Waals surface area (Å²) in [5, 5.41) is 5.02. The predicted octanol–water partition coefficient (Wildman–Crippen LogP) is 3.21.